The second-order valence-corrected chi connectivity index (χ2v) is 3.41. The normalized spacial score (nSPS) is 18.3. The van der Waals surface area contributed by atoms with E-state index in [4.69, 9.17) is 4.74 Å². The highest BCUT2D eigenvalue weighted by molar-refractivity contribution is 5.11. The predicted molar refractivity (Wildman–Crippen MR) is 50.5 cm³/mol. The summed E-state index contributed by atoms with van der Waals surface area (Å²) in [4.78, 5) is 26.9. The van der Waals surface area contributed by atoms with Crippen molar-refractivity contribution >= 4 is 0 Å². The Morgan fingerprint density at radius 2 is 2.00 bits per heavy atom. The van der Waals surface area contributed by atoms with Crippen molar-refractivity contribution in [1.29, 1.82) is 0 Å². The smallest absolute Gasteiger partial charge is 0.325 e. The van der Waals surface area contributed by atoms with Crippen LogP contribution in [0.5, 0.6) is 0 Å². The zero-order valence-corrected chi connectivity index (χ0v) is 7.71. The average Bonchev–Trinajstić information content (AvgIpc) is 2.19. The fourth-order valence-electron chi connectivity index (χ4n) is 1.73. The summed E-state index contributed by atoms with van der Waals surface area (Å²) < 4.78 is 5.20. The number of nitrogens with one attached hydrogen (secondary N) is 2. The molecule has 5 nitrogen and oxygen atoms in total. The van der Waals surface area contributed by atoms with Gasteiger partial charge in [-0.15, -0.1) is 0 Å². The van der Waals surface area contributed by atoms with Gasteiger partial charge in [0.15, 0.2) is 0 Å². The van der Waals surface area contributed by atoms with Gasteiger partial charge in [-0.3, -0.25) is 9.78 Å². The number of hydrogen-bond donors (Lipinski definition) is 2. The lowest BCUT2D eigenvalue weighted by Gasteiger charge is -2.20. The highest BCUT2D eigenvalue weighted by Crippen LogP contribution is 2.22. The van der Waals surface area contributed by atoms with E-state index in [9.17, 15) is 9.59 Å². The Labute approximate surface area is 80.1 Å². The third-order valence-corrected chi connectivity index (χ3v) is 2.51. The van der Waals surface area contributed by atoms with Gasteiger partial charge in [-0.1, -0.05) is 0 Å². The number of H-pyrrole nitrogens is 2. The Kier molecular flexibility index (Phi) is 2.49. The Morgan fingerprint density at radius 3 is 2.64 bits per heavy atom. The molecule has 0 unspecified atom stereocenters. The largest absolute Gasteiger partial charge is 0.381 e. The van der Waals surface area contributed by atoms with Crippen LogP contribution in [-0.4, -0.2) is 23.2 Å². The van der Waals surface area contributed by atoms with Crippen molar-refractivity contribution in [2.75, 3.05) is 13.2 Å². The van der Waals surface area contributed by atoms with Crippen LogP contribution in [-0.2, 0) is 4.74 Å². The first-order valence-corrected chi connectivity index (χ1v) is 4.67. The zero-order chi connectivity index (χ0) is 9.97. The second kappa shape index (κ2) is 3.79. The van der Waals surface area contributed by atoms with E-state index in [1.54, 1.807) is 0 Å². The zero-order valence-electron chi connectivity index (χ0n) is 7.71. The van der Waals surface area contributed by atoms with Crippen LogP contribution in [0.4, 0.5) is 0 Å². The Hall–Kier alpha value is -1.36. The molecule has 0 saturated carbocycles. The van der Waals surface area contributed by atoms with Gasteiger partial charge in [0.1, 0.15) is 0 Å². The minimum atomic E-state index is -0.453. The van der Waals surface area contributed by atoms with Gasteiger partial charge in [0.05, 0.1) is 0 Å². The Bertz CT molecular complexity index is 415. The van der Waals surface area contributed by atoms with Gasteiger partial charge in [-0.05, 0) is 18.8 Å². The van der Waals surface area contributed by atoms with Crippen molar-refractivity contribution in [3.63, 3.8) is 0 Å². The van der Waals surface area contributed by atoms with Crippen LogP contribution >= 0.6 is 0 Å². The monoisotopic (exact) mass is 196 g/mol. The first-order chi connectivity index (χ1) is 6.77. The van der Waals surface area contributed by atoms with E-state index >= 15 is 0 Å². The van der Waals surface area contributed by atoms with Crippen molar-refractivity contribution in [3.8, 4) is 0 Å². The van der Waals surface area contributed by atoms with E-state index in [1.165, 1.54) is 6.20 Å². The van der Waals surface area contributed by atoms with Crippen LogP contribution in [0.25, 0.3) is 0 Å². The van der Waals surface area contributed by atoms with Crippen LogP contribution in [0.2, 0.25) is 0 Å². The first kappa shape index (κ1) is 9.21. The van der Waals surface area contributed by atoms with Crippen LogP contribution in [0, 0.1) is 0 Å². The minimum Gasteiger partial charge on any atom is -0.381 e. The molecule has 1 fully saturated rings. The topological polar surface area (TPSA) is 75.0 Å². The molecule has 1 aromatic heterocycles. The summed E-state index contributed by atoms with van der Waals surface area (Å²) >= 11 is 0. The SMILES string of the molecule is O=c1[nH]cc(C2CCOCC2)c(=O)[nH]1. The maximum absolute atomic E-state index is 11.4. The number of aromatic nitrogens is 2. The van der Waals surface area contributed by atoms with Crippen molar-refractivity contribution < 1.29 is 4.74 Å². The van der Waals surface area contributed by atoms with Crippen molar-refractivity contribution in [2.45, 2.75) is 18.8 Å². The molecule has 2 heterocycles. The third-order valence-electron chi connectivity index (χ3n) is 2.51. The van der Waals surface area contributed by atoms with Crippen LogP contribution in [0.1, 0.15) is 24.3 Å². The molecule has 0 amide bonds. The Morgan fingerprint density at radius 1 is 1.29 bits per heavy atom. The molecule has 2 N–H and O–H groups in total. The summed E-state index contributed by atoms with van der Waals surface area (Å²) in [6.07, 6.45) is 3.20. The lowest BCUT2D eigenvalue weighted by Crippen LogP contribution is -2.28. The molecule has 0 aliphatic carbocycles. The summed E-state index contributed by atoms with van der Waals surface area (Å²) in [6.45, 7) is 1.37. The lowest BCUT2D eigenvalue weighted by molar-refractivity contribution is 0.0850. The molecule has 0 spiro atoms. The minimum absolute atomic E-state index is 0.212. The summed E-state index contributed by atoms with van der Waals surface area (Å²) in [5.74, 6) is 0.212. The van der Waals surface area contributed by atoms with E-state index in [0.717, 1.165) is 12.8 Å². The van der Waals surface area contributed by atoms with E-state index in [1.807, 2.05) is 0 Å². The molecule has 0 aromatic carbocycles. The molecule has 1 saturated heterocycles. The Balaban J connectivity index is 2.31. The molecule has 5 heteroatoms. The standard InChI is InChI=1S/C9H12N2O3/c12-8-7(5-10-9(13)11-8)6-1-3-14-4-2-6/h5-6H,1-4H2,(H2,10,11,12,13). The summed E-state index contributed by atoms with van der Waals surface area (Å²) in [5.41, 5.74) is -0.0700. The average molecular weight is 196 g/mol. The summed E-state index contributed by atoms with van der Waals surface area (Å²) in [6, 6.07) is 0. The molecular weight excluding hydrogens is 184 g/mol. The number of hydrogen-bond acceptors (Lipinski definition) is 3. The quantitative estimate of drug-likeness (QED) is 0.661. The van der Waals surface area contributed by atoms with E-state index in [2.05, 4.69) is 9.97 Å². The van der Waals surface area contributed by atoms with Gasteiger partial charge in [0.2, 0.25) is 0 Å². The van der Waals surface area contributed by atoms with Gasteiger partial charge in [0, 0.05) is 25.0 Å². The van der Waals surface area contributed by atoms with E-state index < -0.39 is 5.69 Å². The first-order valence-electron chi connectivity index (χ1n) is 4.67. The van der Waals surface area contributed by atoms with Gasteiger partial charge in [0.25, 0.3) is 5.56 Å². The summed E-state index contributed by atoms with van der Waals surface area (Å²) in [5, 5.41) is 0. The van der Waals surface area contributed by atoms with Crippen molar-refractivity contribution in [2.24, 2.45) is 0 Å². The molecule has 76 valence electrons. The number of aromatic amines is 2. The van der Waals surface area contributed by atoms with Gasteiger partial charge >= 0.3 is 5.69 Å². The van der Waals surface area contributed by atoms with Gasteiger partial charge in [-0.25, -0.2) is 4.79 Å². The molecule has 0 bridgehead atoms. The van der Waals surface area contributed by atoms with Crippen LogP contribution in [0.3, 0.4) is 0 Å². The molecule has 2 rings (SSSR count). The fraction of sp³-hybridized carbons (Fsp3) is 0.556. The maximum Gasteiger partial charge on any atom is 0.325 e. The molecule has 0 atom stereocenters. The highest BCUT2D eigenvalue weighted by Gasteiger charge is 2.18. The second-order valence-electron chi connectivity index (χ2n) is 3.41. The molecule has 1 aliphatic heterocycles. The maximum atomic E-state index is 11.4. The summed E-state index contributed by atoms with van der Waals surface area (Å²) in [7, 11) is 0. The van der Waals surface area contributed by atoms with E-state index in [0.29, 0.717) is 18.8 Å². The number of ether oxygens (including phenoxy) is 1. The molecule has 14 heavy (non-hydrogen) atoms. The van der Waals surface area contributed by atoms with Crippen LogP contribution in [0.15, 0.2) is 15.8 Å². The molecular formula is C9H12N2O3. The fourth-order valence-corrected chi connectivity index (χ4v) is 1.73. The molecule has 1 aromatic rings. The lowest BCUT2D eigenvalue weighted by atomic mass is 9.94. The molecule has 1 aliphatic rings. The predicted octanol–water partition coefficient (Wildman–Crippen LogP) is -0.0428. The van der Waals surface area contributed by atoms with Crippen molar-refractivity contribution in [1.82, 2.24) is 9.97 Å². The van der Waals surface area contributed by atoms with Crippen LogP contribution < -0.4 is 11.2 Å². The number of rotatable bonds is 1. The van der Waals surface area contributed by atoms with Gasteiger partial charge < -0.3 is 9.72 Å². The van der Waals surface area contributed by atoms with Gasteiger partial charge in [-0.2, -0.15) is 0 Å². The third kappa shape index (κ3) is 1.77. The van der Waals surface area contributed by atoms with E-state index in [-0.39, 0.29) is 11.5 Å². The highest BCUT2D eigenvalue weighted by atomic mass is 16.5. The molecule has 0 radical (unpaired) electrons. The van der Waals surface area contributed by atoms with Crippen molar-refractivity contribution in [3.05, 3.63) is 32.6 Å².